The lowest BCUT2D eigenvalue weighted by Crippen LogP contribution is -2.46. The molecule has 1 rings (SSSR count). The van der Waals surface area contributed by atoms with Crippen molar-refractivity contribution in [2.24, 2.45) is 11.8 Å². The van der Waals surface area contributed by atoms with Crippen molar-refractivity contribution in [3.63, 3.8) is 0 Å². The Balaban J connectivity index is 2.42. The van der Waals surface area contributed by atoms with E-state index < -0.39 is 0 Å². The lowest BCUT2D eigenvalue weighted by atomic mass is 9.93. The van der Waals surface area contributed by atoms with E-state index in [-0.39, 0.29) is 12.3 Å². The Bertz CT molecular complexity index is 194. The molecule has 3 heteroatoms. The maximum absolute atomic E-state index is 5.28. The molecule has 0 bridgehead atoms. The first kappa shape index (κ1) is 13.9. The van der Waals surface area contributed by atoms with Crippen LogP contribution < -0.4 is 5.32 Å². The molecule has 4 unspecified atom stereocenters. The molecule has 1 N–H and O–H groups in total. The van der Waals surface area contributed by atoms with Crippen molar-refractivity contribution in [2.45, 2.75) is 58.4 Å². The first-order valence-corrected chi connectivity index (χ1v) is 6.45. The van der Waals surface area contributed by atoms with Gasteiger partial charge >= 0.3 is 0 Å². The molecule has 1 aliphatic carbocycles. The third kappa shape index (κ3) is 3.19. The number of rotatable bonds is 6. The van der Waals surface area contributed by atoms with E-state index in [2.05, 4.69) is 26.1 Å². The molecule has 0 aliphatic heterocycles. The van der Waals surface area contributed by atoms with E-state index in [9.17, 15) is 0 Å². The van der Waals surface area contributed by atoms with Gasteiger partial charge in [-0.25, -0.2) is 0 Å². The van der Waals surface area contributed by atoms with Crippen LogP contribution in [0.1, 0.15) is 40.0 Å². The highest BCUT2D eigenvalue weighted by Gasteiger charge is 2.33. The summed E-state index contributed by atoms with van der Waals surface area (Å²) >= 11 is 0. The molecule has 0 aromatic rings. The van der Waals surface area contributed by atoms with Crippen LogP contribution in [0.4, 0.5) is 0 Å². The second-order valence-corrected chi connectivity index (χ2v) is 5.01. The van der Waals surface area contributed by atoms with Gasteiger partial charge in [-0.2, -0.15) is 0 Å². The van der Waals surface area contributed by atoms with Gasteiger partial charge in [-0.05, 0) is 31.6 Å². The number of hydrogen-bond donors (Lipinski definition) is 1. The highest BCUT2D eigenvalue weighted by Crippen LogP contribution is 2.34. The summed E-state index contributed by atoms with van der Waals surface area (Å²) in [5.74, 6) is 1.65. The highest BCUT2D eigenvalue weighted by molar-refractivity contribution is 4.88. The summed E-state index contributed by atoms with van der Waals surface area (Å²) in [5.41, 5.74) is 0. The van der Waals surface area contributed by atoms with Crippen LogP contribution in [0.2, 0.25) is 0 Å². The van der Waals surface area contributed by atoms with Crippen LogP contribution in [0.5, 0.6) is 0 Å². The molecule has 1 saturated carbocycles. The van der Waals surface area contributed by atoms with Crippen molar-refractivity contribution < 1.29 is 9.47 Å². The van der Waals surface area contributed by atoms with Gasteiger partial charge < -0.3 is 14.8 Å². The molecule has 0 radical (unpaired) electrons. The summed E-state index contributed by atoms with van der Waals surface area (Å²) in [5, 5.41) is 3.64. The number of methoxy groups -OCH3 is 2. The van der Waals surface area contributed by atoms with Crippen LogP contribution in [-0.4, -0.2) is 32.6 Å². The summed E-state index contributed by atoms with van der Waals surface area (Å²) in [7, 11) is 3.39. The van der Waals surface area contributed by atoms with Gasteiger partial charge in [0.1, 0.15) is 0 Å². The summed E-state index contributed by atoms with van der Waals surface area (Å²) in [6.07, 6.45) is 3.79. The Kier molecular flexibility index (Phi) is 5.73. The van der Waals surface area contributed by atoms with Crippen molar-refractivity contribution >= 4 is 0 Å². The first-order valence-electron chi connectivity index (χ1n) is 6.45. The lowest BCUT2D eigenvalue weighted by Gasteiger charge is -2.28. The van der Waals surface area contributed by atoms with Gasteiger partial charge in [0.25, 0.3) is 0 Å². The van der Waals surface area contributed by atoms with E-state index in [1.165, 1.54) is 19.3 Å². The zero-order chi connectivity index (χ0) is 12.1. The standard InChI is InChI=1S/C13H27NO2/c1-6-11-7-8-12(9(11)2)14-10(3)13(15-4)16-5/h9-14H,6-8H2,1-5H3. The van der Waals surface area contributed by atoms with Crippen molar-refractivity contribution in [1.82, 2.24) is 5.32 Å². The molecule has 0 heterocycles. The summed E-state index contributed by atoms with van der Waals surface area (Å²) in [6, 6.07) is 0.866. The Morgan fingerprint density at radius 3 is 2.31 bits per heavy atom. The minimum absolute atomic E-state index is 0.145. The highest BCUT2D eigenvalue weighted by atomic mass is 16.7. The SMILES string of the molecule is CCC1CCC(NC(C)C(OC)OC)C1C. The Labute approximate surface area is 99.9 Å². The molecule has 16 heavy (non-hydrogen) atoms. The van der Waals surface area contributed by atoms with Crippen LogP contribution in [-0.2, 0) is 9.47 Å². The minimum atomic E-state index is -0.145. The maximum Gasteiger partial charge on any atom is 0.171 e. The van der Waals surface area contributed by atoms with E-state index >= 15 is 0 Å². The molecule has 0 spiro atoms. The topological polar surface area (TPSA) is 30.5 Å². The van der Waals surface area contributed by atoms with E-state index in [1.54, 1.807) is 14.2 Å². The van der Waals surface area contributed by atoms with Gasteiger partial charge in [0.15, 0.2) is 6.29 Å². The molecular formula is C13H27NO2. The largest absolute Gasteiger partial charge is 0.354 e. The Hall–Kier alpha value is -0.120. The fourth-order valence-electron chi connectivity index (χ4n) is 2.98. The van der Waals surface area contributed by atoms with E-state index in [4.69, 9.17) is 9.47 Å². The average Bonchev–Trinajstić information content (AvgIpc) is 2.62. The Morgan fingerprint density at radius 1 is 1.25 bits per heavy atom. The molecule has 0 amide bonds. The minimum Gasteiger partial charge on any atom is -0.354 e. The van der Waals surface area contributed by atoms with Crippen LogP contribution in [0.25, 0.3) is 0 Å². The van der Waals surface area contributed by atoms with Crippen molar-refractivity contribution in [1.29, 1.82) is 0 Å². The lowest BCUT2D eigenvalue weighted by molar-refractivity contribution is -0.121. The smallest absolute Gasteiger partial charge is 0.171 e. The van der Waals surface area contributed by atoms with Gasteiger partial charge in [0.2, 0.25) is 0 Å². The average molecular weight is 229 g/mol. The van der Waals surface area contributed by atoms with E-state index in [0.29, 0.717) is 6.04 Å². The third-order valence-electron chi connectivity index (χ3n) is 4.10. The molecule has 0 saturated heterocycles. The molecule has 96 valence electrons. The molecule has 0 aromatic carbocycles. The zero-order valence-corrected chi connectivity index (χ0v) is 11.3. The van der Waals surface area contributed by atoms with E-state index in [0.717, 1.165) is 11.8 Å². The van der Waals surface area contributed by atoms with Gasteiger partial charge in [0, 0.05) is 20.3 Å². The fourth-order valence-corrected chi connectivity index (χ4v) is 2.98. The predicted molar refractivity (Wildman–Crippen MR) is 66.4 cm³/mol. The second-order valence-electron chi connectivity index (χ2n) is 5.01. The maximum atomic E-state index is 5.28. The molecule has 4 atom stereocenters. The Morgan fingerprint density at radius 2 is 1.88 bits per heavy atom. The van der Waals surface area contributed by atoms with E-state index in [1.807, 2.05) is 0 Å². The molecular weight excluding hydrogens is 202 g/mol. The van der Waals surface area contributed by atoms with Gasteiger partial charge in [0.05, 0.1) is 6.04 Å². The van der Waals surface area contributed by atoms with Crippen LogP contribution in [0.15, 0.2) is 0 Å². The quantitative estimate of drug-likeness (QED) is 0.710. The normalized spacial score (nSPS) is 32.2. The van der Waals surface area contributed by atoms with Crippen LogP contribution in [0.3, 0.4) is 0 Å². The fraction of sp³-hybridized carbons (Fsp3) is 1.00. The van der Waals surface area contributed by atoms with Crippen molar-refractivity contribution in [3.05, 3.63) is 0 Å². The van der Waals surface area contributed by atoms with Gasteiger partial charge in [-0.15, -0.1) is 0 Å². The van der Waals surface area contributed by atoms with Crippen LogP contribution >= 0.6 is 0 Å². The second kappa shape index (κ2) is 6.58. The van der Waals surface area contributed by atoms with Crippen molar-refractivity contribution in [2.75, 3.05) is 14.2 Å². The van der Waals surface area contributed by atoms with Crippen molar-refractivity contribution in [3.8, 4) is 0 Å². The number of nitrogens with one attached hydrogen (secondary N) is 1. The summed E-state index contributed by atoms with van der Waals surface area (Å²) < 4.78 is 10.6. The first-order chi connectivity index (χ1) is 7.63. The zero-order valence-electron chi connectivity index (χ0n) is 11.3. The number of hydrogen-bond acceptors (Lipinski definition) is 3. The van der Waals surface area contributed by atoms with Gasteiger partial charge in [-0.3, -0.25) is 0 Å². The third-order valence-corrected chi connectivity index (χ3v) is 4.10. The summed E-state index contributed by atoms with van der Waals surface area (Å²) in [6.45, 7) is 6.78. The van der Waals surface area contributed by atoms with Crippen LogP contribution in [0, 0.1) is 11.8 Å². The van der Waals surface area contributed by atoms with Gasteiger partial charge in [-0.1, -0.05) is 20.3 Å². The summed E-state index contributed by atoms with van der Waals surface area (Å²) in [4.78, 5) is 0. The predicted octanol–water partition coefficient (Wildman–Crippen LogP) is 2.41. The monoisotopic (exact) mass is 229 g/mol. The molecule has 0 aromatic heterocycles. The molecule has 3 nitrogen and oxygen atoms in total. The molecule has 1 fully saturated rings. The molecule has 1 aliphatic rings. The number of ether oxygens (including phenoxy) is 2.